The molecule has 0 aliphatic rings. The van der Waals surface area contributed by atoms with Crippen molar-refractivity contribution in [3.63, 3.8) is 0 Å². The number of amides is 1. The number of nitriles is 1. The third-order valence-electron chi connectivity index (χ3n) is 4.52. The molecule has 1 aromatic heterocycles. The van der Waals surface area contributed by atoms with Crippen LogP contribution in [0.5, 0.6) is 17.4 Å². The second kappa shape index (κ2) is 10.5. The van der Waals surface area contributed by atoms with Crippen molar-refractivity contribution in [1.29, 1.82) is 5.26 Å². The van der Waals surface area contributed by atoms with E-state index in [-0.39, 0.29) is 11.8 Å². The van der Waals surface area contributed by atoms with E-state index in [0.29, 0.717) is 41.5 Å². The Balaban J connectivity index is 1.49. The average molecular weight is 436 g/mol. The highest BCUT2D eigenvalue weighted by molar-refractivity contribution is 6.31. The lowest BCUT2D eigenvalue weighted by atomic mass is 10.2. The van der Waals surface area contributed by atoms with E-state index in [2.05, 4.69) is 10.3 Å². The van der Waals surface area contributed by atoms with E-state index in [0.717, 1.165) is 16.9 Å². The van der Waals surface area contributed by atoms with Crippen molar-refractivity contribution in [3.05, 3.63) is 76.4 Å². The number of carbonyl (C=O) groups is 1. The summed E-state index contributed by atoms with van der Waals surface area (Å²) in [4.78, 5) is 16.4. The Bertz CT molecular complexity index is 1130. The van der Waals surface area contributed by atoms with E-state index < -0.39 is 0 Å². The Morgan fingerprint density at radius 2 is 1.90 bits per heavy atom. The van der Waals surface area contributed by atoms with Gasteiger partial charge in [0.1, 0.15) is 23.1 Å². The molecule has 1 N–H and O–H groups in total. The van der Waals surface area contributed by atoms with Gasteiger partial charge in [0.25, 0.3) is 0 Å². The number of aromatic nitrogens is 1. The van der Waals surface area contributed by atoms with E-state index in [1.807, 2.05) is 32.0 Å². The molecule has 3 rings (SSSR count). The number of benzene rings is 2. The summed E-state index contributed by atoms with van der Waals surface area (Å²) in [7, 11) is 0. The summed E-state index contributed by atoms with van der Waals surface area (Å²) >= 11 is 6.00. The fourth-order valence-electron chi connectivity index (χ4n) is 2.85. The van der Waals surface area contributed by atoms with Crippen LogP contribution in [-0.4, -0.2) is 17.5 Å². The fraction of sp³-hybridized carbons (Fsp3) is 0.208. The monoisotopic (exact) mass is 435 g/mol. The van der Waals surface area contributed by atoms with Crippen LogP contribution in [0.4, 0.5) is 5.69 Å². The normalized spacial score (nSPS) is 10.3. The van der Waals surface area contributed by atoms with Gasteiger partial charge in [-0.3, -0.25) is 4.79 Å². The highest BCUT2D eigenvalue weighted by Gasteiger charge is 2.09. The van der Waals surface area contributed by atoms with Crippen LogP contribution in [0.15, 0.2) is 54.7 Å². The van der Waals surface area contributed by atoms with Crippen molar-refractivity contribution in [2.45, 2.75) is 26.7 Å². The minimum absolute atomic E-state index is 0.0934. The van der Waals surface area contributed by atoms with Crippen LogP contribution in [0, 0.1) is 25.2 Å². The molecular weight excluding hydrogens is 414 g/mol. The van der Waals surface area contributed by atoms with Crippen LogP contribution in [0.3, 0.4) is 0 Å². The van der Waals surface area contributed by atoms with Crippen LogP contribution in [0.25, 0.3) is 0 Å². The number of hydrogen-bond acceptors (Lipinski definition) is 5. The van der Waals surface area contributed by atoms with Crippen LogP contribution < -0.4 is 14.8 Å². The van der Waals surface area contributed by atoms with Crippen molar-refractivity contribution in [1.82, 2.24) is 4.98 Å². The first-order valence-electron chi connectivity index (χ1n) is 9.78. The van der Waals surface area contributed by atoms with Crippen LogP contribution in [0.1, 0.15) is 29.5 Å². The molecule has 158 valence electrons. The van der Waals surface area contributed by atoms with Gasteiger partial charge in [0.15, 0.2) is 0 Å². The minimum Gasteiger partial charge on any atom is -0.494 e. The number of nitrogens with one attached hydrogen (secondary N) is 1. The molecule has 0 spiro atoms. The lowest BCUT2D eigenvalue weighted by Gasteiger charge is -2.12. The Labute approximate surface area is 186 Å². The van der Waals surface area contributed by atoms with Crippen molar-refractivity contribution in [2.24, 2.45) is 0 Å². The number of carbonyl (C=O) groups excluding carboxylic acids is 1. The topological polar surface area (TPSA) is 84.2 Å². The molecular formula is C24H22ClN3O3. The fourth-order valence-corrected chi connectivity index (χ4v) is 2.97. The van der Waals surface area contributed by atoms with Gasteiger partial charge < -0.3 is 14.8 Å². The van der Waals surface area contributed by atoms with Crippen molar-refractivity contribution >= 4 is 23.2 Å². The SMILES string of the molecule is Cc1cc(OCCCC(=O)Nc2ccc(Oc3ncccc3C#N)cc2C)ccc1Cl. The molecule has 0 fully saturated rings. The lowest BCUT2D eigenvalue weighted by molar-refractivity contribution is -0.116. The highest BCUT2D eigenvalue weighted by atomic mass is 35.5. The zero-order valence-electron chi connectivity index (χ0n) is 17.3. The maximum Gasteiger partial charge on any atom is 0.237 e. The largest absolute Gasteiger partial charge is 0.494 e. The van der Waals surface area contributed by atoms with Gasteiger partial charge in [-0.25, -0.2) is 4.98 Å². The van der Waals surface area contributed by atoms with Gasteiger partial charge in [-0.1, -0.05) is 11.6 Å². The summed E-state index contributed by atoms with van der Waals surface area (Å²) in [6, 6.07) is 16.1. The van der Waals surface area contributed by atoms with Gasteiger partial charge >= 0.3 is 0 Å². The van der Waals surface area contributed by atoms with Gasteiger partial charge in [-0.15, -0.1) is 0 Å². The molecule has 1 heterocycles. The third-order valence-corrected chi connectivity index (χ3v) is 4.95. The summed E-state index contributed by atoms with van der Waals surface area (Å²) in [6.07, 6.45) is 2.49. The van der Waals surface area contributed by atoms with Gasteiger partial charge in [-0.2, -0.15) is 5.26 Å². The molecule has 0 aliphatic heterocycles. The molecule has 3 aromatic rings. The molecule has 0 atom stereocenters. The van der Waals surface area contributed by atoms with Crippen LogP contribution in [-0.2, 0) is 4.79 Å². The number of ether oxygens (including phenoxy) is 2. The molecule has 7 heteroatoms. The quantitative estimate of drug-likeness (QED) is 0.451. The van der Waals surface area contributed by atoms with E-state index in [1.54, 1.807) is 42.6 Å². The lowest BCUT2D eigenvalue weighted by Crippen LogP contribution is -2.13. The highest BCUT2D eigenvalue weighted by Crippen LogP contribution is 2.27. The number of halogens is 1. The summed E-state index contributed by atoms with van der Waals surface area (Å²) in [6.45, 7) is 4.23. The maximum absolute atomic E-state index is 12.3. The Morgan fingerprint density at radius 3 is 2.65 bits per heavy atom. The Morgan fingerprint density at radius 1 is 1.13 bits per heavy atom. The molecule has 1 amide bonds. The van der Waals surface area contributed by atoms with Gasteiger partial charge in [0.05, 0.1) is 6.61 Å². The first-order valence-corrected chi connectivity index (χ1v) is 10.2. The third kappa shape index (κ3) is 6.21. The molecule has 0 bridgehead atoms. The molecule has 0 radical (unpaired) electrons. The number of rotatable bonds is 8. The number of anilines is 1. The standard InChI is InChI=1S/C24H22ClN3O3/c1-16-13-19(7-9-21(16)25)30-12-4-6-23(29)28-22-10-8-20(14-17(22)2)31-24-18(15-26)5-3-11-27-24/h3,5,7-11,13-14H,4,6,12H2,1-2H3,(H,28,29). The summed E-state index contributed by atoms with van der Waals surface area (Å²) in [5.41, 5.74) is 2.85. The van der Waals surface area contributed by atoms with Crippen molar-refractivity contribution < 1.29 is 14.3 Å². The molecule has 0 aliphatic carbocycles. The summed E-state index contributed by atoms with van der Waals surface area (Å²) in [5.74, 6) is 1.43. The maximum atomic E-state index is 12.3. The molecule has 0 unspecified atom stereocenters. The number of aryl methyl sites for hydroxylation is 2. The average Bonchev–Trinajstić information content (AvgIpc) is 2.76. The summed E-state index contributed by atoms with van der Waals surface area (Å²) < 4.78 is 11.4. The van der Waals surface area contributed by atoms with E-state index in [9.17, 15) is 4.79 Å². The smallest absolute Gasteiger partial charge is 0.237 e. The van der Waals surface area contributed by atoms with Crippen LogP contribution >= 0.6 is 11.6 Å². The predicted molar refractivity (Wildman–Crippen MR) is 120 cm³/mol. The van der Waals surface area contributed by atoms with Gasteiger partial charge in [0, 0.05) is 23.3 Å². The summed E-state index contributed by atoms with van der Waals surface area (Å²) in [5, 5.41) is 12.7. The number of nitrogens with zero attached hydrogens (tertiary/aromatic N) is 2. The number of hydrogen-bond donors (Lipinski definition) is 1. The van der Waals surface area contributed by atoms with E-state index in [1.165, 1.54) is 0 Å². The second-order valence-corrected chi connectivity index (χ2v) is 7.37. The molecule has 6 nitrogen and oxygen atoms in total. The first-order chi connectivity index (χ1) is 15.0. The minimum atomic E-state index is -0.0934. The Hall–Kier alpha value is -3.56. The molecule has 0 saturated carbocycles. The zero-order valence-corrected chi connectivity index (χ0v) is 18.1. The molecule has 31 heavy (non-hydrogen) atoms. The second-order valence-electron chi connectivity index (χ2n) is 6.96. The number of pyridine rings is 1. The van der Waals surface area contributed by atoms with Crippen LogP contribution in [0.2, 0.25) is 5.02 Å². The first kappa shape index (κ1) is 22.1. The van der Waals surface area contributed by atoms with Crippen molar-refractivity contribution in [2.75, 3.05) is 11.9 Å². The van der Waals surface area contributed by atoms with Crippen molar-refractivity contribution in [3.8, 4) is 23.4 Å². The van der Waals surface area contributed by atoms with Gasteiger partial charge in [0.2, 0.25) is 11.8 Å². The predicted octanol–water partition coefficient (Wildman–Crippen LogP) is 5.81. The zero-order chi connectivity index (χ0) is 22.2. The van der Waals surface area contributed by atoms with Gasteiger partial charge in [-0.05, 0) is 79.9 Å². The van der Waals surface area contributed by atoms with E-state index >= 15 is 0 Å². The molecule has 2 aromatic carbocycles. The molecule has 0 saturated heterocycles. The van der Waals surface area contributed by atoms with E-state index in [4.69, 9.17) is 26.3 Å². The Kier molecular flexibility index (Phi) is 7.47.